The van der Waals surface area contributed by atoms with E-state index in [4.69, 9.17) is 0 Å². The van der Waals surface area contributed by atoms with E-state index in [1.165, 1.54) is 6.92 Å². The van der Waals surface area contributed by atoms with Crippen molar-refractivity contribution in [3.8, 4) is 0 Å². The van der Waals surface area contributed by atoms with Gasteiger partial charge in [0.2, 0.25) is 0 Å². The smallest absolute Gasteiger partial charge is 0.255 e. The number of hydrogen-bond acceptors (Lipinski definition) is 3. The van der Waals surface area contributed by atoms with E-state index in [1.54, 1.807) is 30.3 Å². The average Bonchev–Trinajstić information content (AvgIpc) is 2.46. The van der Waals surface area contributed by atoms with Crippen LogP contribution in [0.15, 0.2) is 42.5 Å². The zero-order valence-electron chi connectivity index (χ0n) is 13.3. The minimum Gasteiger partial charge on any atom is -0.377 e. The molecule has 0 aromatic heterocycles. The van der Waals surface area contributed by atoms with Gasteiger partial charge in [-0.2, -0.15) is 0 Å². The van der Waals surface area contributed by atoms with Crippen molar-refractivity contribution in [3.63, 3.8) is 0 Å². The van der Waals surface area contributed by atoms with Crippen molar-refractivity contribution in [1.82, 2.24) is 0 Å². The maximum absolute atomic E-state index is 12.3. The monoisotopic (exact) mass is 296 g/mol. The van der Waals surface area contributed by atoms with Crippen LogP contribution in [-0.4, -0.2) is 25.8 Å². The molecule has 0 radical (unpaired) electrons. The van der Waals surface area contributed by atoms with Gasteiger partial charge in [0.15, 0.2) is 5.78 Å². The lowest BCUT2D eigenvalue weighted by Gasteiger charge is -2.16. The van der Waals surface area contributed by atoms with Gasteiger partial charge in [-0.05, 0) is 49.7 Å². The topological polar surface area (TPSA) is 49.4 Å². The Bertz CT molecular complexity index is 721. The fraction of sp³-hybridized carbons (Fsp3) is 0.222. The molecule has 0 aliphatic heterocycles. The summed E-state index contributed by atoms with van der Waals surface area (Å²) in [7, 11) is 3.94. The number of aryl methyl sites for hydroxylation is 1. The fourth-order valence-electron chi connectivity index (χ4n) is 2.32. The molecule has 0 saturated heterocycles. The van der Waals surface area contributed by atoms with Crippen molar-refractivity contribution >= 4 is 23.1 Å². The molecular weight excluding hydrogens is 276 g/mol. The molecule has 0 aliphatic carbocycles. The van der Waals surface area contributed by atoms with Crippen molar-refractivity contribution in [3.05, 3.63) is 59.2 Å². The standard InChI is InChI=1S/C18H20N2O2/c1-12-10-15(8-9-17(12)20(3)4)18(22)19-16-7-5-6-14(11-16)13(2)21/h5-11H,1-4H3,(H,19,22). The summed E-state index contributed by atoms with van der Waals surface area (Å²) in [6, 6.07) is 12.5. The van der Waals surface area contributed by atoms with Crippen molar-refractivity contribution in [2.75, 3.05) is 24.3 Å². The highest BCUT2D eigenvalue weighted by atomic mass is 16.1. The highest BCUT2D eigenvalue weighted by Crippen LogP contribution is 2.20. The normalized spacial score (nSPS) is 10.2. The Labute approximate surface area is 130 Å². The average molecular weight is 296 g/mol. The number of carbonyl (C=O) groups excluding carboxylic acids is 2. The third kappa shape index (κ3) is 3.52. The van der Waals surface area contributed by atoms with Crippen LogP contribution in [0, 0.1) is 6.92 Å². The fourth-order valence-corrected chi connectivity index (χ4v) is 2.32. The number of nitrogens with zero attached hydrogens (tertiary/aromatic N) is 1. The first-order valence-corrected chi connectivity index (χ1v) is 7.09. The van der Waals surface area contributed by atoms with Gasteiger partial charge in [-0.3, -0.25) is 9.59 Å². The molecule has 1 N–H and O–H groups in total. The Balaban J connectivity index is 2.21. The number of nitrogens with one attached hydrogen (secondary N) is 1. The molecule has 4 nitrogen and oxygen atoms in total. The molecule has 0 spiro atoms. The number of hydrogen-bond donors (Lipinski definition) is 1. The van der Waals surface area contributed by atoms with E-state index in [2.05, 4.69) is 5.32 Å². The Kier molecular flexibility index (Phi) is 4.61. The third-order valence-corrected chi connectivity index (χ3v) is 3.47. The maximum Gasteiger partial charge on any atom is 0.255 e. The Morgan fingerprint density at radius 3 is 2.32 bits per heavy atom. The number of benzene rings is 2. The number of ketones is 1. The van der Waals surface area contributed by atoms with Crippen molar-refractivity contribution in [2.24, 2.45) is 0 Å². The van der Waals surface area contributed by atoms with Gasteiger partial charge < -0.3 is 10.2 Å². The molecule has 4 heteroatoms. The summed E-state index contributed by atoms with van der Waals surface area (Å²) in [4.78, 5) is 25.7. The van der Waals surface area contributed by atoms with Gasteiger partial charge in [-0.1, -0.05) is 12.1 Å². The molecule has 0 aliphatic rings. The van der Waals surface area contributed by atoms with Gasteiger partial charge >= 0.3 is 0 Å². The number of amides is 1. The molecule has 2 aromatic rings. The maximum atomic E-state index is 12.3. The van der Waals surface area contributed by atoms with E-state index in [1.807, 2.05) is 38.1 Å². The van der Waals surface area contributed by atoms with Crippen molar-refractivity contribution < 1.29 is 9.59 Å². The minimum absolute atomic E-state index is 0.0257. The van der Waals surface area contributed by atoms with Gasteiger partial charge in [0, 0.05) is 36.6 Å². The van der Waals surface area contributed by atoms with Crippen molar-refractivity contribution in [1.29, 1.82) is 0 Å². The Hall–Kier alpha value is -2.62. The summed E-state index contributed by atoms with van der Waals surface area (Å²) in [6.45, 7) is 3.48. The number of carbonyl (C=O) groups is 2. The summed E-state index contributed by atoms with van der Waals surface area (Å²) in [5.41, 5.74) is 3.91. The molecule has 0 fully saturated rings. The van der Waals surface area contributed by atoms with Gasteiger partial charge in [-0.15, -0.1) is 0 Å². The highest BCUT2D eigenvalue weighted by molar-refractivity contribution is 6.05. The van der Waals surface area contributed by atoms with Gasteiger partial charge in [0.25, 0.3) is 5.91 Å². The lowest BCUT2D eigenvalue weighted by Crippen LogP contribution is -2.14. The summed E-state index contributed by atoms with van der Waals surface area (Å²) in [5.74, 6) is -0.212. The van der Waals surface area contributed by atoms with Gasteiger partial charge in [0.1, 0.15) is 0 Å². The Morgan fingerprint density at radius 2 is 1.73 bits per heavy atom. The van der Waals surface area contributed by atoms with E-state index in [0.717, 1.165) is 11.3 Å². The summed E-state index contributed by atoms with van der Waals surface area (Å²) >= 11 is 0. The zero-order chi connectivity index (χ0) is 16.3. The quantitative estimate of drug-likeness (QED) is 0.878. The molecule has 0 bridgehead atoms. The Morgan fingerprint density at radius 1 is 1.00 bits per heavy atom. The molecule has 0 heterocycles. The second-order valence-electron chi connectivity index (χ2n) is 5.49. The molecule has 114 valence electrons. The summed E-state index contributed by atoms with van der Waals surface area (Å²) < 4.78 is 0. The van der Waals surface area contributed by atoms with Crippen LogP contribution in [0.3, 0.4) is 0 Å². The van der Waals surface area contributed by atoms with Gasteiger partial charge in [-0.25, -0.2) is 0 Å². The van der Waals surface area contributed by atoms with E-state index in [0.29, 0.717) is 16.8 Å². The summed E-state index contributed by atoms with van der Waals surface area (Å²) in [6.07, 6.45) is 0. The zero-order valence-corrected chi connectivity index (χ0v) is 13.3. The first-order chi connectivity index (χ1) is 10.4. The molecule has 1 amide bonds. The van der Waals surface area contributed by atoms with Crippen LogP contribution in [0.4, 0.5) is 11.4 Å². The van der Waals surface area contributed by atoms with Crippen molar-refractivity contribution in [2.45, 2.75) is 13.8 Å². The van der Waals surface area contributed by atoms with Crippen LogP contribution in [0.1, 0.15) is 33.2 Å². The molecule has 2 rings (SSSR count). The van der Waals surface area contributed by atoms with Crippen LogP contribution in [0.2, 0.25) is 0 Å². The highest BCUT2D eigenvalue weighted by Gasteiger charge is 2.10. The van der Waals surface area contributed by atoms with E-state index in [9.17, 15) is 9.59 Å². The second kappa shape index (κ2) is 6.43. The molecule has 0 atom stereocenters. The number of rotatable bonds is 4. The lowest BCUT2D eigenvalue weighted by molar-refractivity contribution is 0.101. The largest absolute Gasteiger partial charge is 0.377 e. The van der Waals surface area contributed by atoms with E-state index >= 15 is 0 Å². The molecule has 0 unspecified atom stereocenters. The number of anilines is 2. The van der Waals surface area contributed by atoms with Crippen LogP contribution < -0.4 is 10.2 Å². The predicted molar refractivity (Wildman–Crippen MR) is 89.9 cm³/mol. The lowest BCUT2D eigenvalue weighted by atomic mass is 10.1. The van der Waals surface area contributed by atoms with Crippen LogP contribution in [-0.2, 0) is 0 Å². The van der Waals surface area contributed by atoms with E-state index < -0.39 is 0 Å². The minimum atomic E-state index is -0.186. The van der Waals surface area contributed by atoms with Gasteiger partial charge in [0.05, 0.1) is 0 Å². The van der Waals surface area contributed by atoms with Crippen LogP contribution >= 0.6 is 0 Å². The van der Waals surface area contributed by atoms with Crippen LogP contribution in [0.25, 0.3) is 0 Å². The van der Waals surface area contributed by atoms with E-state index in [-0.39, 0.29) is 11.7 Å². The SMILES string of the molecule is CC(=O)c1cccc(NC(=O)c2ccc(N(C)C)c(C)c2)c1. The first kappa shape index (κ1) is 15.8. The molecule has 2 aromatic carbocycles. The number of Topliss-reactive ketones (excluding diaryl/α,β-unsaturated/α-hetero) is 1. The molecular formula is C18H20N2O2. The molecule has 0 saturated carbocycles. The third-order valence-electron chi connectivity index (χ3n) is 3.47. The first-order valence-electron chi connectivity index (χ1n) is 7.09. The second-order valence-corrected chi connectivity index (χ2v) is 5.49. The van der Waals surface area contributed by atoms with Crippen LogP contribution in [0.5, 0.6) is 0 Å². The summed E-state index contributed by atoms with van der Waals surface area (Å²) in [5, 5.41) is 2.82. The predicted octanol–water partition coefficient (Wildman–Crippen LogP) is 3.52. The molecule has 22 heavy (non-hydrogen) atoms.